The monoisotopic (exact) mass is 513 g/mol. The summed E-state index contributed by atoms with van der Waals surface area (Å²) < 4.78 is 6.01. The van der Waals surface area contributed by atoms with E-state index < -0.39 is 0 Å². The number of nitrogens with zero attached hydrogens (tertiary/aromatic N) is 3. The minimum atomic E-state index is 0.499. The first-order valence-corrected chi connectivity index (χ1v) is 13.2. The quantitative estimate of drug-likeness (QED) is 0.238. The molecule has 2 aromatic carbocycles. The average molecular weight is 514 g/mol. The van der Waals surface area contributed by atoms with Crippen LogP contribution in [0.3, 0.4) is 0 Å². The molecule has 7 rings (SSSR count). The standard InChI is InChI=1S/C31H23N5OS/c1-19-7-10-30(38-19)26-16-33-17-29-24(26)13-28(34-29)31-25-12-21(8-9-27(25)35-36-31)22-11-23(15-32-14-22)37-18-20-5-3-2-4-6-20/h2-17,34H,18H2,1H3,(H,35,36). The van der Waals surface area contributed by atoms with Crippen molar-refractivity contribution in [3.05, 3.63) is 108 Å². The van der Waals surface area contributed by atoms with Gasteiger partial charge in [-0.05, 0) is 54.4 Å². The molecule has 0 atom stereocenters. The lowest BCUT2D eigenvalue weighted by atomic mass is 10.0. The molecule has 0 amide bonds. The number of aromatic amines is 2. The van der Waals surface area contributed by atoms with Crippen molar-refractivity contribution < 1.29 is 4.74 Å². The number of H-pyrrole nitrogens is 2. The second-order valence-corrected chi connectivity index (χ2v) is 10.5. The molecule has 0 spiro atoms. The lowest BCUT2D eigenvalue weighted by Crippen LogP contribution is -1.95. The summed E-state index contributed by atoms with van der Waals surface area (Å²) in [6.45, 7) is 2.62. The smallest absolute Gasteiger partial charge is 0.138 e. The van der Waals surface area contributed by atoms with E-state index in [1.165, 1.54) is 9.75 Å². The molecule has 0 radical (unpaired) electrons. The Morgan fingerprint density at radius 1 is 0.789 bits per heavy atom. The number of aromatic nitrogens is 5. The van der Waals surface area contributed by atoms with Crippen LogP contribution in [0.4, 0.5) is 0 Å². The number of benzene rings is 2. The van der Waals surface area contributed by atoms with Crippen LogP contribution in [0.15, 0.2) is 97.6 Å². The van der Waals surface area contributed by atoms with Crippen molar-refractivity contribution >= 4 is 33.1 Å². The van der Waals surface area contributed by atoms with Crippen LogP contribution in [-0.4, -0.2) is 25.1 Å². The second-order valence-electron chi connectivity index (χ2n) is 9.26. The number of pyridine rings is 2. The zero-order valence-corrected chi connectivity index (χ0v) is 21.4. The minimum Gasteiger partial charge on any atom is -0.487 e. The van der Waals surface area contributed by atoms with Gasteiger partial charge in [-0.2, -0.15) is 5.10 Å². The van der Waals surface area contributed by atoms with E-state index in [1.807, 2.05) is 42.9 Å². The lowest BCUT2D eigenvalue weighted by Gasteiger charge is -2.08. The summed E-state index contributed by atoms with van der Waals surface area (Å²) in [7, 11) is 0. The number of ether oxygens (including phenoxy) is 1. The molecule has 0 saturated heterocycles. The highest BCUT2D eigenvalue weighted by molar-refractivity contribution is 7.15. The number of aryl methyl sites for hydroxylation is 1. The van der Waals surface area contributed by atoms with Crippen LogP contribution < -0.4 is 4.74 Å². The van der Waals surface area contributed by atoms with Crippen molar-refractivity contribution in [3.63, 3.8) is 0 Å². The molecule has 0 saturated carbocycles. The molecular formula is C31H23N5OS. The predicted octanol–water partition coefficient (Wildman–Crippen LogP) is 7.78. The van der Waals surface area contributed by atoms with Crippen molar-refractivity contribution in [1.29, 1.82) is 0 Å². The molecule has 2 N–H and O–H groups in total. The maximum absolute atomic E-state index is 6.01. The van der Waals surface area contributed by atoms with E-state index in [0.29, 0.717) is 6.61 Å². The van der Waals surface area contributed by atoms with Crippen molar-refractivity contribution in [2.24, 2.45) is 0 Å². The molecule has 0 aliphatic carbocycles. The number of nitrogens with one attached hydrogen (secondary N) is 2. The molecule has 0 aliphatic heterocycles. The van der Waals surface area contributed by atoms with Gasteiger partial charge in [0.15, 0.2) is 0 Å². The fraction of sp³-hybridized carbons (Fsp3) is 0.0645. The van der Waals surface area contributed by atoms with Gasteiger partial charge in [-0.1, -0.05) is 36.4 Å². The molecule has 0 aliphatic rings. The summed E-state index contributed by atoms with van der Waals surface area (Å²) in [6, 6.07) is 24.9. The molecule has 5 aromatic heterocycles. The second kappa shape index (κ2) is 9.28. The predicted molar refractivity (Wildman–Crippen MR) is 153 cm³/mol. The zero-order valence-electron chi connectivity index (χ0n) is 20.6. The molecule has 6 nitrogen and oxygen atoms in total. The fourth-order valence-electron chi connectivity index (χ4n) is 4.75. The van der Waals surface area contributed by atoms with Gasteiger partial charge in [0.2, 0.25) is 0 Å². The van der Waals surface area contributed by atoms with E-state index >= 15 is 0 Å². The molecule has 5 heterocycles. The van der Waals surface area contributed by atoms with Crippen molar-refractivity contribution in [3.8, 4) is 38.7 Å². The highest BCUT2D eigenvalue weighted by atomic mass is 32.1. The zero-order chi connectivity index (χ0) is 25.5. The van der Waals surface area contributed by atoms with Crippen LogP contribution in [-0.2, 0) is 6.61 Å². The van der Waals surface area contributed by atoms with Crippen LogP contribution in [0, 0.1) is 6.92 Å². The summed E-state index contributed by atoms with van der Waals surface area (Å²) in [6.07, 6.45) is 7.42. The van der Waals surface area contributed by atoms with E-state index in [-0.39, 0.29) is 0 Å². The van der Waals surface area contributed by atoms with E-state index in [4.69, 9.17) is 4.74 Å². The van der Waals surface area contributed by atoms with Crippen molar-refractivity contribution in [2.45, 2.75) is 13.5 Å². The third-order valence-electron chi connectivity index (χ3n) is 6.66. The van der Waals surface area contributed by atoms with E-state index in [0.717, 1.165) is 61.2 Å². The summed E-state index contributed by atoms with van der Waals surface area (Å²) in [5.41, 5.74) is 8.06. The number of fused-ring (bicyclic) bond motifs is 2. The highest BCUT2D eigenvalue weighted by Gasteiger charge is 2.15. The SMILES string of the molecule is Cc1ccc(-c2cncc3[nH]c(-c4n[nH]c5ccc(-c6cncc(OCc7ccccc7)c6)cc45)cc23)s1. The lowest BCUT2D eigenvalue weighted by molar-refractivity contribution is 0.305. The Kier molecular flexibility index (Phi) is 5.48. The first-order chi connectivity index (χ1) is 18.7. The Hall–Kier alpha value is -4.75. The van der Waals surface area contributed by atoms with E-state index in [9.17, 15) is 0 Å². The Bertz CT molecular complexity index is 1900. The third-order valence-corrected chi connectivity index (χ3v) is 7.70. The first kappa shape index (κ1) is 22.4. The molecule has 0 fully saturated rings. The summed E-state index contributed by atoms with van der Waals surface area (Å²) in [4.78, 5) is 14.9. The van der Waals surface area contributed by atoms with Crippen LogP contribution >= 0.6 is 11.3 Å². The van der Waals surface area contributed by atoms with Gasteiger partial charge in [0.05, 0.1) is 29.1 Å². The summed E-state index contributed by atoms with van der Waals surface area (Å²) in [5, 5.41) is 10.0. The van der Waals surface area contributed by atoms with Crippen molar-refractivity contribution in [1.82, 2.24) is 25.1 Å². The van der Waals surface area contributed by atoms with Gasteiger partial charge in [-0.3, -0.25) is 15.1 Å². The molecule has 0 unspecified atom stereocenters. The molecular weight excluding hydrogens is 490 g/mol. The molecule has 7 heteroatoms. The highest BCUT2D eigenvalue weighted by Crippen LogP contribution is 2.37. The maximum atomic E-state index is 6.01. The largest absolute Gasteiger partial charge is 0.487 e. The number of hydrogen-bond acceptors (Lipinski definition) is 5. The molecule has 0 bridgehead atoms. The maximum Gasteiger partial charge on any atom is 0.138 e. The van der Waals surface area contributed by atoms with E-state index in [2.05, 4.69) is 80.6 Å². The fourth-order valence-corrected chi connectivity index (χ4v) is 5.64. The Balaban J connectivity index is 1.24. The number of rotatable bonds is 6. The van der Waals surface area contributed by atoms with Crippen LogP contribution in [0.25, 0.3) is 54.8 Å². The van der Waals surface area contributed by atoms with Gasteiger partial charge in [0.25, 0.3) is 0 Å². The molecule has 38 heavy (non-hydrogen) atoms. The Morgan fingerprint density at radius 2 is 1.68 bits per heavy atom. The molecule has 184 valence electrons. The molecule has 7 aromatic rings. The third kappa shape index (κ3) is 4.13. The summed E-state index contributed by atoms with van der Waals surface area (Å²) >= 11 is 1.78. The average Bonchev–Trinajstić information content (AvgIpc) is 3.70. The van der Waals surface area contributed by atoms with Crippen LogP contribution in [0.1, 0.15) is 10.4 Å². The first-order valence-electron chi connectivity index (χ1n) is 12.4. The van der Waals surface area contributed by atoms with Gasteiger partial charge >= 0.3 is 0 Å². The topological polar surface area (TPSA) is 79.5 Å². The minimum absolute atomic E-state index is 0.499. The van der Waals surface area contributed by atoms with Crippen LogP contribution in [0.2, 0.25) is 0 Å². The van der Waals surface area contributed by atoms with Gasteiger partial charge in [0, 0.05) is 44.0 Å². The van der Waals surface area contributed by atoms with Gasteiger partial charge in [-0.25, -0.2) is 0 Å². The Labute approximate surface area is 223 Å². The van der Waals surface area contributed by atoms with Gasteiger partial charge in [-0.15, -0.1) is 11.3 Å². The van der Waals surface area contributed by atoms with Gasteiger partial charge in [0.1, 0.15) is 18.1 Å². The Morgan fingerprint density at radius 3 is 2.55 bits per heavy atom. The number of thiophene rings is 1. The van der Waals surface area contributed by atoms with E-state index in [1.54, 1.807) is 17.5 Å². The van der Waals surface area contributed by atoms with Gasteiger partial charge < -0.3 is 9.72 Å². The summed E-state index contributed by atoms with van der Waals surface area (Å²) in [5.74, 6) is 0.735. The van der Waals surface area contributed by atoms with Crippen LogP contribution in [0.5, 0.6) is 5.75 Å². The number of hydrogen-bond donors (Lipinski definition) is 2. The normalized spacial score (nSPS) is 11.4. The van der Waals surface area contributed by atoms with Crippen molar-refractivity contribution in [2.75, 3.05) is 0 Å².